The van der Waals surface area contributed by atoms with E-state index in [4.69, 9.17) is 9.47 Å². The molecule has 2 aromatic rings. The van der Waals surface area contributed by atoms with Gasteiger partial charge in [-0.1, -0.05) is 42.5 Å². The van der Waals surface area contributed by atoms with E-state index in [0.29, 0.717) is 19.7 Å². The molecule has 110 valence electrons. The smallest absolute Gasteiger partial charge is 0.161 e. The second-order valence-corrected chi connectivity index (χ2v) is 5.08. The molecule has 0 aliphatic carbocycles. The van der Waals surface area contributed by atoms with Gasteiger partial charge in [-0.05, 0) is 17.7 Å². The van der Waals surface area contributed by atoms with Gasteiger partial charge in [-0.3, -0.25) is 0 Å². The van der Waals surface area contributed by atoms with E-state index >= 15 is 0 Å². The second-order valence-electron chi connectivity index (χ2n) is 5.08. The van der Waals surface area contributed by atoms with Crippen molar-refractivity contribution < 1.29 is 14.6 Å². The van der Waals surface area contributed by atoms with E-state index in [9.17, 15) is 5.11 Å². The third-order valence-electron chi connectivity index (χ3n) is 3.46. The normalized spacial score (nSPS) is 18.2. The van der Waals surface area contributed by atoms with Crippen molar-refractivity contribution >= 4 is 0 Å². The Labute approximate surface area is 124 Å². The minimum absolute atomic E-state index is 0.0390. The van der Waals surface area contributed by atoms with Crippen LogP contribution in [0.2, 0.25) is 0 Å². The van der Waals surface area contributed by atoms with Gasteiger partial charge in [0.05, 0.1) is 6.10 Å². The van der Waals surface area contributed by atoms with Crippen LogP contribution in [0.1, 0.15) is 11.7 Å². The molecule has 4 nitrogen and oxygen atoms in total. The van der Waals surface area contributed by atoms with Gasteiger partial charge in [-0.2, -0.15) is 0 Å². The van der Waals surface area contributed by atoms with Gasteiger partial charge < -0.3 is 19.9 Å². The second kappa shape index (κ2) is 6.61. The van der Waals surface area contributed by atoms with Crippen LogP contribution in [0, 0.1) is 0 Å². The van der Waals surface area contributed by atoms with E-state index in [-0.39, 0.29) is 6.10 Å². The monoisotopic (exact) mass is 285 g/mol. The number of rotatable bonds is 5. The number of para-hydroxylation sites is 2. The van der Waals surface area contributed by atoms with E-state index in [1.165, 1.54) is 0 Å². The quantitative estimate of drug-likeness (QED) is 0.884. The molecule has 0 unspecified atom stereocenters. The number of ether oxygens (including phenoxy) is 2. The van der Waals surface area contributed by atoms with Crippen molar-refractivity contribution in [3.05, 3.63) is 60.2 Å². The van der Waals surface area contributed by atoms with Crippen molar-refractivity contribution in [1.29, 1.82) is 0 Å². The molecule has 0 aromatic heterocycles. The third-order valence-corrected chi connectivity index (χ3v) is 3.46. The zero-order valence-corrected chi connectivity index (χ0v) is 11.7. The van der Waals surface area contributed by atoms with E-state index in [2.05, 4.69) is 5.32 Å². The average molecular weight is 285 g/mol. The predicted molar refractivity (Wildman–Crippen MR) is 80.6 cm³/mol. The highest BCUT2D eigenvalue weighted by Gasteiger charge is 2.20. The van der Waals surface area contributed by atoms with Crippen molar-refractivity contribution in [3.8, 4) is 11.5 Å². The number of fused-ring (bicyclic) bond motifs is 1. The van der Waals surface area contributed by atoms with E-state index < -0.39 is 6.10 Å². The lowest BCUT2D eigenvalue weighted by Crippen LogP contribution is -2.39. The van der Waals surface area contributed by atoms with Crippen LogP contribution in [-0.4, -0.2) is 30.9 Å². The molecule has 21 heavy (non-hydrogen) atoms. The highest BCUT2D eigenvalue weighted by molar-refractivity contribution is 5.40. The lowest BCUT2D eigenvalue weighted by Gasteiger charge is -2.27. The van der Waals surface area contributed by atoms with Crippen LogP contribution in [0.15, 0.2) is 54.6 Å². The Balaban J connectivity index is 1.47. The molecule has 2 N–H and O–H groups in total. The van der Waals surface area contributed by atoms with E-state index in [1.807, 2.05) is 54.6 Å². The number of hydrogen-bond donors (Lipinski definition) is 2. The van der Waals surface area contributed by atoms with Crippen LogP contribution in [0.3, 0.4) is 0 Å². The van der Waals surface area contributed by atoms with Crippen LogP contribution in [0.5, 0.6) is 11.5 Å². The predicted octanol–water partition coefficient (Wildman–Crippen LogP) is 2.15. The standard InChI is InChI=1S/C17H19NO3/c19-15(13-6-2-1-3-7-13)11-18-10-14-12-20-16-8-4-5-9-17(16)21-14/h1-9,14-15,18-19H,10-12H2/t14-,15-/m1/s1. The number of aliphatic hydroxyl groups excluding tert-OH is 1. The maximum absolute atomic E-state index is 10.1. The minimum Gasteiger partial charge on any atom is -0.486 e. The first-order valence-corrected chi connectivity index (χ1v) is 7.15. The maximum atomic E-state index is 10.1. The lowest BCUT2D eigenvalue weighted by atomic mass is 10.1. The SMILES string of the molecule is O[C@H](CNC[C@@H]1COc2ccccc2O1)c1ccccc1. The Bertz CT molecular complexity index is 573. The lowest BCUT2D eigenvalue weighted by molar-refractivity contribution is 0.0858. The van der Waals surface area contributed by atoms with E-state index in [0.717, 1.165) is 17.1 Å². The Morgan fingerprint density at radius 3 is 2.57 bits per heavy atom. The Morgan fingerprint density at radius 1 is 1.05 bits per heavy atom. The van der Waals surface area contributed by atoms with E-state index in [1.54, 1.807) is 0 Å². The molecule has 0 fully saturated rings. The summed E-state index contributed by atoms with van der Waals surface area (Å²) in [4.78, 5) is 0. The Kier molecular flexibility index (Phi) is 4.38. The summed E-state index contributed by atoms with van der Waals surface area (Å²) in [6, 6.07) is 17.3. The van der Waals surface area contributed by atoms with Gasteiger partial charge >= 0.3 is 0 Å². The number of hydrogen-bond acceptors (Lipinski definition) is 4. The molecule has 3 rings (SSSR count). The van der Waals surface area contributed by atoms with Crippen molar-refractivity contribution in [3.63, 3.8) is 0 Å². The Morgan fingerprint density at radius 2 is 1.76 bits per heavy atom. The molecule has 0 amide bonds. The first-order valence-electron chi connectivity index (χ1n) is 7.15. The summed E-state index contributed by atoms with van der Waals surface area (Å²) in [7, 11) is 0. The number of aliphatic hydroxyl groups is 1. The molecule has 1 aliphatic heterocycles. The largest absolute Gasteiger partial charge is 0.486 e. The summed E-state index contributed by atoms with van der Waals surface area (Å²) in [5.74, 6) is 1.57. The van der Waals surface area contributed by atoms with Crippen molar-refractivity contribution in [2.24, 2.45) is 0 Å². The summed E-state index contributed by atoms with van der Waals surface area (Å²) >= 11 is 0. The van der Waals surface area contributed by atoms with Crippen LogP contribution < -0.4 is 14.8 Å². The van der Waals surface area contributed by atoms with Crippen LogP contribution >= 0.6 is 0 Å². The molecule has 2 atom stereocenters. The third kappa shape index (κ3) is 3.54. The summed E-state index contributed by atoms with van der Waals surface area (Å²) in [5.41, 5.74) is 0.913. The number of nitrogens with one attached hydrogen (secondary N) is 1. The molecule has 1 aliphatic rings. The highest BCUT2D eigenvalue weighted by atomic mass is 16.6. The molecule has 2 aromatic carbocycles. The van der Waals surface area contributed by atoms with Gasteiger partial charge in [-0.15, -0.1) is 0 Å². The Hall–Kier alpha value is -2.04. The van der Waals surface area contributed by atoms with Gasteiger partial charge in [0.2, 0.25) is 0 Å². The first kappa shape index (κ1) is 13.9. The zero-order valence-electron chi connectivity index (χ0n) is 11.7. The molecule has 4 heteroatoms. The van der Waals surface area contributed by atoms with Gasteiger partial charge in [0.25, 0.3) is 0 Å². The van der Waals surface area contributed by atoms with Gasteiger partial charge in [0.15, 0.2) is 11.5 Å². The fourth-order valence-electron chi connectivity index (χ4n) is 2.34. The highest BCUT2D eigenvalue weighted by Crippen LogP contribution is 2.30. The molecule has 0 spiro atoms. The summed E-state index contributed by atoms with van der Waals surface area (Å²) in [5, 5.41) is 13.3. The topological polar surface area (TPSA) is 50.7 Å². The van der Waals surface area contributed by atoms with Crippen molar-refractivity contribution in [2.45, 2.75) is 12.2 Å². The average Bonchev–Trinajstić information content (AvgIpc) is 2.55. The zero-order chi connectivity index (χ0) is 14.5. The number of benzene rings is 2. The first-order chi connectivity index (χ1) is 10.3. The molecule has 0 saturated carbocycles. The molecule has 0 bridgehead atoms. The molecule has 0 radical (unpaired) electrons. The molecule has 1 heterocycles. The van der Waals surface area contributed by atoms with Crippen molar-refractivity contribution in [1.82, 2.24) is 5.32 Å². The molecular formula is C17H19NO3. The van der Waals surface area contributed by atoms with Crippen LogP contribution in [-0.2, 0) is 0 Å². The maximum Gasteiger partial charge on any atom is 0.161 e. The van der Waals surface area contributed by atoms with Gasteiger partial charge in [0.1, 0.15) is 12.7 Å². The summed E-state index contributed by atoms with van der Waals surface area (Å²) in [6.07, 6.45) is -0.550. The minimum atomic E-state index is -0.511. The summed E-state index contributed by atoms with van der Waals surface area (Å²) in [6.45, 7) is 1.65. The van der Waals surface area contributed by atoms with Crippen molar-refractivity contribution in [2.75, 3.05) is 19.7 Å². The molecule has 0 saturated heterocycles. The van der Waals surface area contributed by atoms with Gasteiger partial charge in [-0.25, -0.2) is 0 Å². The van der Waals surface area contributed by atoms with Crippen LogP contribution in [0.25, 0.3) is 0 Å². The molecular weight excluding hydrogens is 266 g/mol. The summed E-state index contributed by atoms with van der Waals surface area (Å²) < 4.78 is 11.5. The fourth-order valence-corrected chi connectivity index (χ4v) is 2.34. The fraction of sp³-hybridized carbons (Fsp3) is 0.294. The van der Waals surface area contributed by atoms with Gasteiger partial charge in [0, 0.05) is 13.1 Å². The van der Waals surface area contributed by atoms with Crippen LogP contribution in [0.4, 0.5) is 0 Å².